The highest BCUT2D eigenvalue weighted by Crippen LogP contribution is 2.28. The number of aromatic nitrogens is 2. The third kappa shape index (κ3) is 4.52. The number of nitrogens with zero attached hydrogens (tertiary/aromatic N) is 3. The van der Waals surface area contributed by atoms with Crippen LogP contribution in [0.2, 0.25) is 0 Å². The average molecular weight is 508 g/mol. The summed E-state index contributed by atoms with van der Waals surface area (Å²) in [5.74, 6) is 0.509. The summed E-state index contributed by atoms with van der Waals surface area (Å²) in [6.07, 6.45) is 1.29. The normalized spacial score (nSPS) is 12.4. The third-order valence-corrected chi connectivity index (χ3v) is 5.75. The SMILES string of the molecule is CCc1nc2ccc(Br)cc2c(=O)n1N=Cc1c(O[C@H](C)C(=O)OC)ccc2ccccc12. The monoisotopic (exact) mass is 507 g/mol. The lowest BCUT2D eigenvalue weighted by Gasteiger charge is -2.16. The van der Waals surface area contributed by atoms with E-state index in [4.69, 9.17) is 9.47 Å². The molecule has 4 rings (SSSR count). The number of fused-ring (bicyclic) bond motifs is 2. The summed E-state index contributed by atoms with van der Waals surface area (Å²) in [7, 11) is 1.31. The minimum Gasteiger partial charge on any atom is -0.478 e. The molecule has 168 valence electrons. The number of ether oxygens (including phenoxy) is 2. The molecule has 0 spiro atoms. The third-order valence-electron chi connectivity index (χ3n) is 5.26. The predicted octanol–water partition coefficient (Wildman–Crippen LogP) is 4.70. The van der Waals surface area contributed by atoms with Gasteiger partial charge < -0.3 is 9.47 Å². The molecule has 0 bridgehead atoms. The maximum absolute atomic E-state index is 13.2. The quantitative estimate of drug-likeness (QED) is 0.279. The van der Waals surface area contributed by atoms with Crippen LogP contribution < -0.4 is 10.3 Å². The highest BCUT2D eigenvalue weighted by molar-refractivity contribution is 9.10. The van der Waals surface area contributed by atoms with Crippen LogP contribution >= 0.6 is 15.9 Å². The zero-order chi connectivity index (χ0) is 23.5. The van der Waals surface area contributed by atoms with Gasteiger partial charge in [-0.15, -0.1) is 0 Å². The van der Waals surface area contributed by atoms with E-state index < -0.39 is 12.1 Å². The molecule has 0 amide bonds. The first-order chi connectivity index (χ1) is 15.9. The number of benzene rings is 3. The fourth-order valence-corrected chi connectivity index (χ4v) is 3.94. The van der Waals surface area contributed by atoms with Gasteiger partial charge in [-0.1, -0.05) is 53.2 Å². The molecule has 1 atom stereocenters. The Bertz CT molecular complexity index is 1450. The van der Waals surface area contributed by atoms with Gasteiger partial charge in [0.05, 0.1) is 24.2 Å². The second-order valence-electron chi connectivity index (χ2n) is 7.39. The van der Waals surface area contributed by atoms with Crippen LogP contribution in [-0.4, -0.2) is 35.1 Å². The van der Waals surface area contributed by atoms with Crippen molar-refractivity contribution in [1.29, 1.82) is 0 Å². The van der Waals surface area contributed by atoms with Crippen molar-refractivity contribution in [3.05, 3.63) is 80.8 Å². The molecule has 0 unspecified atom stereocenters. The summed E-state index contributed by atoms with van der Waals surface area (Å²) in [4.78, 5) is 29.8. The predicted molar refractivity (Wildman–Crippen MR) is 132 cm³/mol. The summed E-state index contributed by atoms with van der Waals surface area (Å²) in [5, 5.41) is 6.83. The van der Waals surface area contributed by atoms with Gasteiger partial charge >= 0.3 is 5.97 Å². The Morgan fingerprint density at radius 1 is 1.18 bits per heavy atom. The zero-order valence-corrected chi connectivity index (χ0v) is 20.0. The van der Waals surface area contributed by atoms with Crippen molar-refractivity contribution in [3.63, 3.8) is 0 Å². The second-order valence-corrected chi connectivity index (χ2v) is 8.30. The number of carbonyl (C=O) groups excluding carboxylic acids is 1. The van der Waals surface area contributed by atoms with Crippen LogP contribution in [0.4, 0.5) is 0 Å². The molecule has 0 aliphatic heterocycles. The van der Waals surface area contributed by atoms with Crippen LogP contribution in [0.5, 0.6) is 5.75 Å². The first kappa shape index (κ1) is 22.7. The van der Waals surface area contributed by atoms with Crippen molar-refractivity contribution in [2.45, 2.75) is 26.4 Å². The molecule has 7 nitrogen and oxygen atoms in total. The zero-order valence-electron chi connectivity index (χ0n) is 18.4. The van der Waals surface area contributed by atoms with E-state index in [1.165, 1.54) is 11.8 Å². The summed E-state index contributed by atoms with van der Waals surface area (Å²) < 4.78 is 12.8. The van der Waals surface area contributed by atoms with Gasteiger partial charge in [-0.25, -0.2) is 9.78 Å². The van der Waals surface area contributed by atoms with Crippen LogP contribution in [-0.2, 0) is 16.0 Å². The van der Waals surface area contributed by atoms with E-state index in [-0.39, 0.29) is 5.56 Å². The molecule has 0 fully saturated rings. The number of esters is 1. The Morgan fingerprint density at radius 2 is 1.97 bits per heavy atom. The molecule has 3 aromatic carbocycles. The van der Waals surface area contributed by atoms with Gasteiger partial charge in [0.1, 0.15) is 11.6 Å². The van der Waals surface area contributed by atoms with E-state index in [2.05, 4.69) is 26.0 Å². The molecule has 0 N–H and O–H groups in total. The first-order valence-corrected chi connectivity index (χ1v) is 11.2. The van der Waals surface area contributed by atoms with Crippen LogP contribution in [0.15, 0.2) is 69.0 Å². The second kappa shape index (κ2) is 9.54. The van der Waals surface area contributed by atoms with Crippen molar-refractivity contribution in [2.24, 2.45) is 5.10 Å². The van der Waals surface area contributed by atoms with Gasteiger partial charge in [0.2, 0.25) is 0 Å². The van der Waals surface area contributed by atoms with Gasteiger partial charge in [-0.05, 0) is 42.0 Å². The fraction of sp³-hybridized carbons (Fsp3) is 0.200. The molecule has 33 heavy (non-hydrogen) atoms. The van der Waals surface area contributed by atoms with E-state index in [1.54, 1.807) is 31.3 Å². The number of hydrogen-bond donors (Lipinski definition) is 0. The lowest BCUT2D eigenvalue weighted by atomic mass is 10.0. The molecule has 0 aliphatic rings. The molecule has 1 aromatic heterocycles. The van der Waals surface area contributed by atoms with Gasteiger partial charge in [0.15, 0.2) is 6.10 Å². The van der Waals surface area contributed by atoms with Crippen LogP contribution in [0.25, 0.3) is 21.7 Å². The number of rotatable bonds is 6. The Labute approximate surface area is 198 Å². The highest BCUT2D eigenvalue weighted by Gasteiger charge is 2.18. The van der Waals surface area contributed by atoms with Crippen LogP contribution in [0, 0.1) is 0 Å². The number of methoxy groups -OCH3 is 1. The molecular weight excluding hydrogens is 486 g/mol. The van der Waals surface area contributed by atoms with E-state index in [0.29, 0.717) is 34.5 Å². The molecule has 0 saturated heterocycles. The van der Waals surface area contributed by atoms with Crippen LogP contribution in [0.3, 0.4) is 0 Å². The topological polar surface area (TPSA) is 82.8 Å². The van der Waals surface area contributed by atoms with Gasteiger partial charge in [0, 0.05) is 16.5 Å². The molecule has 0 radical (unpaired) electrons. The van der Waals surface area contributed by atoms with E-state index >= 15 is 0 Å². The standard InChI is InChI=1S/C25H22BrN3O4/c1-4-23-28-21-11-10-17(26)13-19(21)24(30)29(23)27-14-20-18-8-6-5-7-16(18)9-12-22(20)33-15(2)25(31)32-3/h5-15H,4H2,1-3H3/t15-/m1/s1. The van der Waals surface area contributed by atoms with Crippen molar-refractivity contribution in [1.82, 2.24) is 9.66 Å². The largest absolute Gasteiger partial charge is 0.478 e. The molecule has 0 saturated carbocycles. The highest BCUT2D eigenvalue weighted by atomic mass is 79.9. The number of hydrogen-bond acceptors (Lipinski definition) is 6. The lowest BCUT2D eigenvalue weighted by Crippen LogP contribution is -2.25. The van der Waals surface area contributed by atoms with Gasteiger partial charge in [0.25, 0.3) is 5.56 Å². The van der Waals surface area contributed by atoms with Crippen molar-refractivity contribution >= 4 is 49.8 Å². The van der Waals surface area contributed by atoms with Crippen molar-refractivity contribution in [2.75, 3.05) is 7.11 Å². The Kier molecular flexibility index (Phi) is 6.55. The number of carbonyl (C=O) groups is 1. The Hall–Kier alpha value is -3.52. The summed E-state index contributed by atoms with van der Waals surface area (Å²) in [5.41, 5.74) is 1.000. The maximum Gasteiger partial charge on any atom is 0.346 e. The molecule has 8 heteroatoms. The average Bonchev–Trinajstić information content (AvgIpc) is 2.83. The fourth-order valence-electron chi connectivity index (χ4n) is 3.57. The number of aryl methyl sites for hydroxylation is 1. The van der Waals surface area contributed by atoms with E-state index in [1.807, 2.05) is 43.3 Å². The van der Waals surface area contributed by atoms with Gasteiger partial charge in [-0.2, -0.15) is 9.78 Å². The summed E-state index contributed by atoms with van der Waals surface area (Å²) in [6.45, 7) is 3.54. The first-order valence-electron chi connectivity index (χ1n) is 10.4. The summed E-state index contributed by atoms with van der Waals surface area (Å²) in [6, 6.07) is 16.8. The number of halogens is 1. The van der Waals surface area contributed by atoms with Crippen molar-refractivity contribution < 1.29 is 14.3 Å². The van der Waals surface area contributed by atoms with Gasteiger partial charge in [-0.3, -0.25) is 4.79 Å². The van der Waals surface area contributed by atoms with Crippen LogP contribution in [0.1, 0.15) is 25.2 Å². The smallest absolute Gasteiger partial charge is 0.346 e. The Morgan fingerprint density at radius 3 is 2.73 bits per heavy atom. The Balaban J connectivity index is 1.88. The molecule has 0 aliphatic carbocycles. The molecule has 1 heterocycles. The molecular formula is C25H22BrN3O4. The maximum atomic E-state index is 13.2. The van der Waals surface area contributed by atoms with E-state index in [9.17, 15) is 9.59 Å². The minimum absolute atomic E-state index is 0.264. The minimum atomic E-state index is -0.808. The summed E-state index contributed by atoms with van der Waals surface area (Å²) >= 11 is 3.41. The lowest BCUT2D eigenvalue weighted by molar-refractivity contribution is -0.147. The molecule has 4 aromatic rings. The van der Waals surface area contributed by atoms with Crippen molar-refractivity contribution in [3.8, 4) is 5.75 Å². The van der Waals surface area contributed by atoms with E-state index in [0.717, 1.165) is 15.2 Å².